The molecule has 2 atom stereocenters. The van der Waals surface area contributed by atoms with Gasteiger partial charge in [-0.3, -0.25) is 0 Å². The van der Waals surface area contributed by atoms with Crippen LogP contribution in [0.15, 0.2) is 48.5 Å². The van der Waals surface area contributed by atoms with E-state index in [4.69, 9.17) is 11.6 Å². The second kappa shape index (κ2) is 4.36. The Morgan fingerprint density at radius 3 is 2.47 bits per heavy atom. The second-order valence-electron chi connectivity index (χ2n) is 4.87. The predicted octanol–water partition coefficient (Wildman–Crippen LogP) is 4.43. The maximum atomic E-state index is 13.0. The van der Waals surface area contributed by atoms with Crippen LogP contribution in [0, 0.1) is 17.1 Å². The topological polar surface area (TPSA) is 23.8 Å². The SMILES string of the molecule is N#C[C@@]1(c2ccc(F)cc2)C[C@@H]1c1ccccc1Cl. The zero-order chi connectivity index (χ0) is 13.5. The molecule has 0 N–H and O–H groups in total. The highest BCUT2D eigenvalue weighted by molar-refractivity contribution is 6.31. The molecule has 2 aromatic rings. The van der Waals surface area contributed by atoms with Crippen LogP contribution in [-0.2, 0) is 5.41 Å². The molecule has 0 radical (unpaired) electrons. The van der Waals surface area contributed by atoms with Gasteiger partial charge in [0.2, 0.25) is 0 Å². The zero-order valence-corrected chi connectivity index (χ0v) is 10.9. The third kappa shape index (κ3) is 1.91. The maximum Gasteiger partial charge on any atom is 0.123 e. The molecule has 1 nitrogen and oxygen atoms in total. The van der Waals surface area contributed by atoms with Gasteiger partial charge in [0.15, 0.2) is 0 Å². The Morgan fingerprint density at radius 2 is 1.84 bits per heavy atom. The van der Waals surface area contributed by atoms with Crippen molar-refractivity contribution in [2.24, 2.45) is 0 Å². The monoisotopic (exact) mass is 271 g/mol. The molecular formula is C16H11ClFN. The summed E-state index contributed by atoms with van der Waals surface area (Å²) in [6.45, 7) is 0. The van der Waals surface area contributed by atoms with Gasteiger partial charge >= 0.3 is 0 Å². The minimum Gasteiger partial charge on any atom is -0.207 e. The first-order valence-electron chi connectivity index (χ1n) is 6.09. The molecule has 0 heterocycles. The number of rotatable bonds is 2. The predicted molar refractivity (Wildman–Crippen MR) is 72.5 cm³/mol. The van der Waals surface area contributed by atoms with Crippen molar-refractivity contribution < 1.29 is 4.39 Å². The van der Waals surface area contributed by atoms with E-state index in [1.807, 2.05) is 24.3 Å². The molecule has 0 amide bonds. The molecule has 0 unspecified atom stereocenters. The number of nitriles is 1. The van der Waals surface area contributed by atoms with E-state index in [0.29, 0.717) is 5.02 Å². The van der Waals surface area contributed by atoms with Gasteiger partial charge in [0, 0.05) is 10.9 Å². The van der Waals surface area contributed by atoms with E-state index in [2.05, 4.69) is 6.07 Å². The third-order valence-electron chi connectivity index (χ3n) is 3.80. The van der Waals surface area contributed by atoms with Gasteiger partial charge in [-0.25, -0.2) is 4.39 Å². The molecule has 1 saturated carbocycles. The standard InChI is InChI=1S/C16H11ClFN/c17-15-4-2-1-3-13(15)14-9-16(14,10-19)11-5-7-12(18)8-6-11/h1-8,14H,9H2/t14-,16-/m1/s1. The van der Waals surface area contributed by atoms with Crippen LogP contribution >= 0.6 is 11.6 Å². The van der Waals surface area contributed by atoms with Crippen molar-refractivity contribution in [3.63, 3.8) is 0 Å². The molecule has 0 aliphatic heterocycles. The Labute approximate surface area is 116 Å². The first kappa shape index (κ1) is 12.2. The van der Waals surface area contributed by atoms with E-state index < -0.39 is 5.41 Å². The lowest BCUT2D eigenvalue weighted by Crippen LogP contribution is -2.06. The molecule has 19 heavy (non-hydrogen) atoms. The highest BCUT2D eigenvalue weighted by Crippen LogP contribution is 2.61. The van der Waals surface area contributed by atoms with Crippen molar-refractivity contribution in [1.29, 1.82) is 5.26 Å². The van der Waals surface area contributed by atoms with Crippen LogP contribution < -0.4 is 0 Å². The van der Waals surface area contributed by atoms with Gasteiger partial charge in [0.1, 0.15) is 5.82 Å². The van der Waals surface area contributed by atoms with Gasteiger partial charge in [-0.05, 0) is 35.7 Å². The first-order valence-corrected chi connectivity index (χ1v) is 6.47. The van der Waals surface area contributed by atoms with Gasteiger partial charge in [-0.1, -0.05) is 41.9 Å². The normalized spacial score (nSPS) is 24.8. The Hall–Kier alpha value is -1.85. The summed E-state index contributed by atoms with van der Waals surface area (Å²) < 4.78 is 13.0. The molecule has 2 aromatic carbocycles. The Bertz CT molecular complexity index is 659. The lowest BCUT2D eigenvalue weighted by molar-refractivity contribution is 0.626. The smallest absolute Gasteiger partial charge is 0.123 e. The third-order valence-corrected chi connectivity index (χ3v) is 4.14. The minimum atomic E-state index is -0.557. The average molecular weight is 272 g/mol. The fourth-order valence-electron chi connectivity index (χ4n) is 2.65. The van der Waals surface area contributed by atoms with Crippen LogP contribution in [0.25, 0.3) is 0 Å². The lowest BCUT2D eigenvalue weighted by Gasteiger charge is -2.10. The number of benzene rings is 2. The molecule has 3 rings (SSSR count). The molecule has 0 aromatic heterocycles. The first-order chi connectivity index (χ1) is 9.17. The van der Waals surface area contributed by atoms with E-state index >= 15 is 0 Å². The summed E-state index contributed by atoms with van der Waals surface area (Å²) in [5, 5.41) is 10.2. The highest BCUT2D eigenvalue weighted by atomic mass is 35.5. The average Bonchev–Trinajstić information content (AvgIpc) is 3.16. The quantitative estimate of drug-likeness (QED) is 0.793. The zero-order valence-electron chi connectivity index (χ0n) is 10.1. The molecule has 0 spiro atoms. The minimum absolute atomic E-state index is 0.0941. The van der Waals surface area contributed by atoms with Crippen LogP contribution in [0.1, 0.15) is 23.5 Å². The van der Waals surface area contributed by atoms with Gasteiger partial charge in [0.05, 0.1) is 11.5 Å². The van der Waals surface area contributed by atoms with Crippen molar-refractivity contribution in [3.05, 3.63) is 70.5 Å². The Morgan fingerprint density at radius 1 is 1.16 bits per heavy atom. The fraction of sp³-hybridized carbons (Fsp3) is 0.188. The molecule has 0 bridgehead atoms. The van der Waals surface area contributed by atoms with Gasteiger partial charge in [-0.2, -0.15) is 5.26 Å². The fourth-order valence-corrected chi connectivity index (χ4v) is 2.92. The molecule has 1 aliphatic carbocycles. The lowest BCUT2D eigenvalue weighted by atomic mass is 9.92. The Kier molecular flexibility index (Phi) is 2.80. The largest absolute Gasteiger partial charge is 0.207 e. The summed E-state index contributed by atoms with van der Waals surface area (Å²) in [6.07, 6.45) is 0.735. The number of nitrogens with zero attached hydrogens (tertiary/aromatic N) is 1. The van der Waals surface area contributed by atoms with Crippen LogP contribution in [0.3, 0.4) is 0 Å². The summed E-state index contributed by atoms with van der Waals surface area (Å²) in [6, 6.07) is 16.1. The van der Waals surface area contributed by atoms with E-state index in [-0.39, 0.29) is 11.7 Å². The molecule has 3 heteroatoms. The van der Waals surface area contributed by atoms with Crippen molar-refractivity contribution >= 4 is 11.6 Å². The Balaban J connectivity index is 1.99. The highest BCUT2D eigenvalue weighted by Gasteiger charge is 2.57. The summed E-state index contributed by atoms with van der Waals surface area (Å²) in [5.74, 6) is -0.191. The van der Waals surface area contributed by atoms with Gasteiger partial charge in [-0.15, -0.1) is 0 Å². The van der Waals surface area contributed by atoms with Crippen LogP contribution in [0.5, 0.6) is 0 Å². The van der Waals surface area contributed by atoms with Gasteiger partial charge in [0.25, 0.3) is 0 Å². The maximum absolute atomic E-state index is 13.0. The van der Waals surface area contributed by atoms with Crippen LogP contribution in [0.4, 0.5) is 4.39 Å². The van der Waals surface area contributed by atoms with Crippen molar-refractivity contribution in [2.45, 2.75) is 17.8 Å². The number of halogens is 2. The van der Waals surface area contributed by atoms with Crippen molar-refractivity contribution in [1.82, 2.24) is 0 Å². The van der Waals surface area contributed by atoms with E-state index in [9.17, 15) is 9.65 Å². The number of hydrogen-bond acceptors (Lipinski definition) is 1. The summed E-state index contributed by atoms with van der Waals surface area (Å²) in [7, 11) is 0. The summed E-state index contributed by atoms with van der Waals surface area (Å²) in [5.41, 5.74) is 1.30. The second-order valence-corrected chi connectivity index (χ2v) is 5.28. The summed E-state index contributed by atoms with van der Waals surface area (Å²) in [4.78, 5) is 0. The molecule has 1 aliphatic rings. The molecular weight excluding hydrogens is 261 g/mol. The van der Waals surface area contributed by atoms with E-state index in [1.54, 1.807) is 12.1 Å². The van der Waals surface area contributed by atoms with Gasteiger partial charge < -0.3 is 0 Å². The molecule has 0 saturated heterocycles. The van der Waals surface area contributed by atoms with Crippen molar-refractivity contribution in [3.8, 4) is 6.07 Å². The van der Waals surface area contributed by atoms with Crippen LogP contribution in [-0.4, -0.2) is 0 Å². The molecule has 1 fully saturated rings. The number of hydrogen-bond donors (Lipinski definition) is 0. The van der Waals surface area contributed by atoms with E-state index in [0.717, 1.165) is 17.5 Å². The van der Waals surface area contributed by atoms with E-state index in [1.165, 1.54) is 12.1 Å². The van der Waals surface area contributed by atoms with Crippen LogP contribution in [0.2, 0.25) is 5.02 Å². The molecule has 94 valence electrons. The summed E-state index contributed by atoms with van der Waals surface area (Å²) >= 11 is 6.19. The van der Waals surface area contributed by atoms with Crippen molar-refractivity contribution in [2.75, 3.05) is 0 Å².